The number of benzene rings is 3. The number of para-hydroxylation sites is 1. The normalized spacial score (nSPS) is 11.5. The quantitative estimate of drug-likeness (QED) is 0.243. The minimum Gasteiger partial charge on any atom is -0.342 e. The summed E-state index contributed by atoms with van der Waals surface area (Å²) in [5.41, 5.74) is 7.00. The Hall–Kier alpha value is -4.46. The van der Waals surface area contributed by atoms with Crippen molar-refractivity contribution < 1.29 is 4.79 Å². The van der Waals surface area contributed by atoms with Crippen LogP contribution in [0, 0.1) is 27.7 Å². The smallest absolute Gasteiger partial charge is 0.246 e. The average Bonchev–Trinajstić information content (AvgIpc) is 2.83. The largest absolute Gasteiger partial charge is 0.342 e. The highest BCUT2D eigenvalue weighted by Crippen LogP contribution is 2.24. The van der Waals surface area contributed by atoms with Crippen molar-refractivity contribution in [1.29, 1.82) is 0 Å². The Bertz CT molecular complexity index is 1300. The first kappa shape index (κ1) is 24.7. The SMILES string of the molecule is Cc1ccc(Nc2nc(Nc3ccc(C)cc3C)nc(N[C@H](C)C(=O)Nc3ccccc3)n2)c(C)c1. The van der Waals surface area contributed by atoms with Gasteiger partial charge in [0.15, 0.2) is 0 Å². The lowest BCUT2D eigenvalue weighted by Gasteiger charge is -2.17. The number of carbonyl (C=O) groups excluding carboxylic acids is 1. The van der Waals surface area contributed by atoms with Gasteiger partial charge in [0.05, 0.1) is 0 Å². The lowest BCUT2D eigenvalue weighted by atomic mass is 10.1. The first-order chi connectivity index (χ1) is 17.3. The van der Waals surface area contributed by atoms with Crippen molar-refractivity contribution >= 4 is 40.8 Å². The number of nitrogens with zero attached hydrogens (tertiary/aromatic N) is 3. The molecule has 0 aliphatic carbocycles. The Morgan fingerprint density at radius 1 is 0.694 bits per heavy atom. The van der Waals surface area contributed by atoms with Gasteiger partial charge in [-0.05, 0) is 70.0 Å². The molecule has 8 heteroatoms. The third-order valence-electron chi connectivity index (χ3n) is 5.67. The number of nitrogens with one attached hydrogen (secondary N) is 4. The summed E-state index contributed by atoms with van der Waals surface area (Å²) in [6, 6.07) is 21.0. The molecule has 4 N–H and O–H groups in total. The van der Waals surface area contributed by atoms with E-state index in [9.17, 15) is 4.79 Å². The number of hydrogen-bond acceptors (Lipinski definition) is 7. The molecule has 0 saturated carbocycles. The van der Waals surface area contributed by atoms with E-state index in [1.54, 1.807) is 6.92 Å². The lowest BCUT2D eigenvalue weighted by Crippen LogP contribution is -2.32. The molecule has 8 nitrogen and oxygen atoms in total. The van der Waals surface area contributed by atoms with Crippen LogP contribution in [0.3, 0.4) is 0 Å². The van der Waals surface area contributed by atoms with Crippen molar-refractivity contribution in [2.75, 3.05) is 21.3 Å². The van der Waals surface area contributed by atoms with Gasteiger partial charge in [-0.1, -0.05) is 53.6 Å². The van der Waals surface area contributed by atoms with Gasteiger partial charge in [-0.15, -0.1) is 0 Å². The van der Waals surface area contributed by atoms with Crippen molar-refractivity contribution in [3.63, 3.8) is 0 Å². The van der Waals surface area contributed by atoms with Crippen molar-refractivity contribution in [2.45, 2.75) is 40.7 Å². The van der Waals surface area contributed by atoms with Crippen LogP contribution in [-0.4, -0.2) is 26.9 Å². The maximum Gasteiger partial charge on any atom is 0.246 e. The minimum atomic E-state index is -0.587. The number of anilines is 6. The van der Waals surface area contributed by atoms with Gasteiger partial charge >= 0.3 is 0 Å². The predicted octanol–water partition coefficient (Wildman–Crippen LogP) is 6.03. The van der Waals surface area contributed by atoms with Gasteiger partial charge in [0.2, 0.25) is 23.8 Å². The molecule has 4 aromatic rings. The first-order valence-corrected chi connectivity index (χ1v) is 11.8. The molecule has 3 aromatic carbocycles. The lowest BCUT2D eigenvalue weighted by molar-refractivity contribution is -0.116. The van der Waals surface area contributed by atoms with Gasteiger partial charge in [0.25, 0.3) is 0 Å². The fourth-order valence-corrected chi connectivity index (χ4v) is 3.73. The molecule has 0 fully saturated rings. The van der Waals surface area contributed by atoms with Crippen LogP contribution >= 0.6 is 0 Å². The number of amides is 1. The van der Waals surface area contributed by atoms with Gasteiger partial charge in [0, 0.05) is 17.1 Å². The summed E-state index contributed by atoms with van der Waals surface area (Å²) in [5.74, 6) is 0.805. The number of rotatable bonds is 8. The van der Waals surface area contributed by atoms with Crippen molar-refractivity contribution in [1.82, 2.24) is 15.0 Å². The van der Waals surface area contributed by atoms with E-state index in [-0.39, 0.29) is 11.9 Å². The van der Waals surface area contributed by atoms with E-state index < -0.39 is 6.04 Å². The Balaban J connectivity index is 1.60. The Morgan fingerprint density at radius 3 is 1.69 bits per heavy atom. The minimum absolute atomic E-state index is 0.200. The standard InChI is InChI=1S/C28H31N7O/c1-17-11-13-23(19(3)15-17)31-27-33-26(29-21(5)25(36)30-22-9-7-6-8-10-22)34-28(35-27)32-24-14-12-18(2)16-20(24)4/h6-16,21H,1-5H3,(H,30,36)(H3,29,31,32,33,34,35)/t21-/m1/s1. The van der Waals surface area contributed by atoms with Crippen LogP contribution in [0.4, 0.5) is 34.9 Å². The molecule has 0 unspecified atom stereocenters. The van der Waals surface area contributed by atoms with Crippen LogP contribution in [-0.2, 0) is 4.79 Å². The first-order valence-electron chi connectivity index (χ1n) is 11.8. The van der Waals surface area contributed by atoms with Crippen molar-refractivity contribution in [3.8, 4) is 0 Å². The van der Waals surface area contributed by atoms with E-state index in [1.165, 1.54) is 11.1 Å². The second-order valence-corrected chi connectivity index (χ2v) is 8.91. The molecule has 36 heavy (non-hydrogen) atoms. The Morgan fingerprint density at radius 2 is 1.19 bits per heavy atom. The molecule has 1 amide bonds. The predicted molar refractivity (Wildman–Crippen MR) is 146 cm³/mol. The van der Waals surface area contributed by atoms with Crippen LogP contribution in [0.15, 0.2) is 66.7 Å². The molecule has 184 valence electrons. The maximum atomic E-state index is 12.7. The fourth-order valence-electron chi connectivity index (χ4n) is 3.73. The molecule has 0 spiro atoms. The van der Waals surface area contributed by atoms with Crippen molar-refractivity contribution in [2.24, 2.45) is 0 Å². The van der Waals surface area contributed by atoms with Crippen LogP contribution in [0.5, 0.6) is 0 Å². The summed E-state index contributed by atoms with van der Waals surface area (Å²) in [6.07, 6.45) is 0. The topological polar surface area (TPSA) is 104 Å². The number of carbonyl (C=O) groups is 1. The fraction of sp³-hybridized carbons (Fsp3) is 0.214. The summed E-state index contributed by atoms with van der Waals surface area (Å²) in [5, 5.41) is 12.6. The van der Waals surface area contributed by atoms with Crippen LogP contribution < -0.4 is 21.3 Å². The third kappa shape index (κ3) is 6.35. The van der Waals surface area contributed by atoms with Gasteiger partial charge in [0.1, 0.15) is 6.04 Å². The third-order valence-corrected chi connectivity index (χ3v) is 5.67. The summed E-state index contributed by atoms with van der Waals surface area (Å²) in [4.78, 5) is 26.4. The van der Waals surface area contributed by atoms with E-state index in [2.05, 4.69) is 62.2 Å². The number of aryl methyl sites for hydroxylation is 4. The van der Waals surface area contributed by atoms with E-state index in [0.717, 1.165) is 28.2 Å². The Kier molecular flexibility index (Phi) is 7.44. The van der Waals surface area contributed by atoms with E-state index >= 15 is 0 Å². The summed E-state index contributed by atoms with van der Waals surface area (Å²) in [7, 11) is 0. The molecule has 0 bridgehead atoms. The van der Waals surface area contributed by atoms with Gasteiger partial charge in [-0.2, -0.15) is 15.0 Å². The van der Waals surface area contributed by atoms with Gasteiger partial charge in [-0.3, -0.25) is 4.79 Å². The zero-order chi connectivity index (χ0) is 25.7. The highest BCUT2D eigenvalue weighted by atomic mass is 16.2. The van der Waals surface area contributed by atoms with E-state index in [4.69, 9.17) is 0 Å². The van der Waals surface area contributed by atoms with Crippen LogP contribution in [0.2, 0.25) is 0 Å². The molecule has 1 atom stereocenters. The maximum absolute atomic E-state index is 12.7. The van der Waals surface area contributed by atoms with E-state index in [1.807, 2.05) is 68.4 Å². The molecule has 1 heterocycles. The van der Waals surface area contributed by atoms with Gasteiger partial charge < -0.3 is 21.3 Å². The zero-order valence-electron chi connectivity index (χ0n) is 21.2. The Labute approximate surface area is 211 Å². The molecule has 0 saturated heterocycles. The van der Waals surface area contributed by atoms with E-state index in [0.29, 0.717) is 11.9 Å². The average molecular weight is 482 g/mol. The molecular weight excluding hydrogens is 450 g/mol. The summed E-state index contributed by atoms with van der Waals surface area (Å²) in [6.45, 7) is 9.92. The van der Waals surface area contributed by atoms with Crippen LogP contribution in [0.25, 0.3) is 0 Å². The highest BCUT2D eigenvalue weighted by molar-refractivity contribution is 5.96. The van der Waals surface area contributed by atoms with Crippen LogP contribution in [0.1, 0.15) is 29.2 Å². The molecular formula is C28H31N7O. The molecule has 0 radical (unpaired) electrons. The number of hydrogen-bond donors (Lipinski definition) is 4. The highest BCUT2D eigenvalue weighted by Gasteiger charge is 2.16. The molecule has 0 aliphatic rings. The second kappa shape index (κ2) is 10.9. The molecule has 1 aromatic heterocycles. The molecule has 0 aliphatic heterocycles. The summed E-state index contributed by atoms with van der Waals surface area (Å²) < 4.78 is 0. The van der Waals surface area contributed by atoms with Gasteiger partial charge in [-0.25, -0.2) is 0 Å². The number of aromatic nitrogens is 3. The summed E-state index contributed by atoms with van der Waals surface area (Å²) >= 11 is 0. The zero-order valence-corrected chi connectivity index (χ0v) is 21.2. The van der Waals surface area contributed by atoms with Crippen molar-refractivity contribution in [3.05, 3.63) is 89.0 Å². The second-order valence-electron chi connectivity index (χ2n) is 8.91. The molecule has 4 rings (SSSR count). The monoisotopic (exact) mass is 481 g/mol.